The lowest BCUT2D eigenvalue weighted by atomic mass is 9.51. The van der Waals surface area contributed by atoms with Gasteiger partial charge < -0.3 is 5.32 Å². The van der Waals surface area contributed by atoms with Crippen LogP contribution in [0.4, 0.5) is 5.69 Å². The molecule has 1 saturated carbocycles. The maximum Gasteiger partial charge on any atom is 0.269 e. The number of nitro groups is 1. The quantitative estimate of drug-likeness (QED) is 0.657. The van der Waals surface area contributed by atoms with Crippen molar-refractivity contribution >= 4 is 5.69 Å². The van der Waals surface area contributed by atoms with E-state index in [4.69, 9.17) is 0 Å². The zero-order chi connectivity index (χ0) is 14.9. The predicted octanol–water partition coefficient (Wildman–Crippen LogP) is 3.78. The van der Waals surface area contributed by atoms with Crippen molar-refractivity contribution in [1.29, 1.82) is 0 Å². The van der Waals surface area contributed by atoms with Crippen molar-refractivity contribution in [2.75, 3.05) is 7.05 Å². The molecule has 0 bridgehead atoms. The van der Waals surface area contributed by atoms with Gasteiger partial charge in [0.25, 0.3) is 5.69 Å². The Labute approximate surface area is 120 Å². The molecular weight excluding hydrogens is 252 g/mol. The number of benzene rings is 1. The molecule has 1 N–H and O–H groups in total. The Bertz CT molecular complexity index is 509. The molecule has 4 heteroatoms. The maximum atomic E-state index is 11.0. The lowest BCUT2D eigenvalue weighted by Crippen LogP contribution is -2.57. The summed E-state index contributed by atoms with van der Waals surface area (Å²) in [4.78, 5) is 10.7. The van der Waals surface area contributed by atoms with E-state index in [1.54, 1.807) is 12.1 Å². The van der Waals surface area contributed by atoms with E-state index in [1.807, 2.05) is 13.1 Å². The smallest absolute Gasteiger partial charge is 0.269 e. The van der Waals surface area contributed by atoms with Gasteiger partial charge in [-0.3, -0.25) is 10.1 Å². The van der Waals surface area contributed by atoms with Gasteiger partial charge in [0, 0.05) is 18.2 Å². The van der Waals surface area contributed by atoms with Crippen LogP contribution in [0.25, 0.3) is 0 Å². The van der Waals surface area contributed by atoms with Crippen molar-refractivity contribution < 1.29 is 4.92 Å². The third kappa shape index (κ3) is 2.12. The summed E-state index contributed by atoms with van der Waals surface area (Å²) in [5.41, 5.74) is 2.77. The Morgan fingerprint density at radius 3 is 2.55 bits per heavy atom. The summed E-state index contributed by atoms with van der Waals surface area (Å²) in [6, 6.07) is 5.79. The first kappa shape index (κ1) is 15.0. The Morgan fingerprint density at radius 2 is 2.05 bits per heavy atom. The summed E-state index contributed by atoms with van der Waals surface area (Å²) >= 11 is 0. The highest BCUT2D eigenvalue weighted by Crippen LogP contribution is 2.57. The fourth-order valence-corrected chi connectivity index (χ4v) is 3.98. The molecule has 0 saturated heterocycles. The van der Waals surface area contributed by atoms with Gasteiger partial charge >= 0.3 is 0 Å². The van der Waals surface area contributed by atoms with Crippen LogP contribution in [0.2, 0.25) is 0 Å². The molecule has 110 valence electrons. The Morgan fingerprint density at radius 1 is 1.40 bits per heavy atom. The van der Waals surface area contributed by atoms with Crippen LogP contribution in [0, 0.1) is 22.5 Å². The monoisotopic (exact) mass is 276 g/mol. The van der Waals surface area contributed by atoms with Gasteiger partial charge in [-0.25, -0.2) is 0 Å². The summed E-state index contributed by atoms with van der Waals surface area (Å²) in [5.74, 6) is 0.426. The van der Waals surface area contributed by atoms with Gasteiger partial charge in [0.05, 0.1) is 4.92 Å². The lowest BCUT2D eigenvalue weighted by Gasteiger charge is -2.56. The second-order valence-electron chi connectivity index (χ2n) is 5.87. The van der Waals surface area contributed by atoms with Crippen molar-refractivity contribution in [2.24, 2.45) is 5.41 Å². The SMILES string of the molecule is CCC1(CC)C(NC)CC1c1cc([N+](=O)[O-])ccc1C. The van der Waals surface area contributed by atoms with Crippen LogP contribution in [0.1, 0.15) is 50.2 Å². The van der Waals surface area contributed by atoms with Gasteiger partial charge in [0.1, 0.15) is 0 Å². The third-order valence-corrected chi connectivity index (χ3v) is 5.37. The van der Waals surface area contributed by atoms with Crippen molar-refractivity contribution in [3.05, 3.63) is 39.4 Å². The number of aryl methyl sites for hydroxylation is 1. The topological polar surface area (TPSA) is 55.2 Å². The van der Waals surface area contributed by atoms with Crippen LogP contribution in [0.3, 0.4) is 0 Å². The van der Waals surface area contributed by atoms with Crippen LogP contribution in [0.5, 0.6) is 0 Å². The van der Waals surface area contributed by atoms with E-state index in [0.29, 0.717) is 12.0 Å². The zero-order valence-electron chi connectivity index (χ0n) is 12.8. The van der Waals surface area contributed by atoms with Crippen molar-refractivity contribution in [1.82, 2.24) is 5.32 Å². The van der Waals surface area contributed by atoms with Crippen molar-refractivity contribution in [3.63, 3.8) is 0 Å². The molecule has 1 aromatic carbocycles. The van der Waals surface area contributed by atoms with E-state index >= 15 is 0 Å². The summed E-state index contributed by atoms with van der Waals surface area (Å²) in [6.45, 7) is 6.52. The third-order valence-electron chi connectivity index (χ3n) is 5.37. The van der Waals surface area contributed by atoms with Crippen LogP contribution in [0.15, 0.2) is 18.2 Å². The number of nitro benzene ring substituents is 1. The zero-order valence-corrected chi connectivity index (χ0v) is 12.8. The van der Waals surface area contributed by atoms with E-state index in [0.717, 1.165) is 24.8 Å². The first-order valence-electron chi connectivity index (χ1n) is 7.42. The number of hydrogen-bond acceptors (Lipinski definition) is 3. The molecule has 1 aliphatic carbocycles. The van der Waals surface area contributed by atoms with Gasteiger partial charge in [-0.1, -0.05) is 19.9 Å². The molecule has 1 aromatic rings. The molecular formula is C16H24N2O2. The summed E-state index contributed by atoms with van der Waals surface area (Å²) in [5, 5.41) is 14.4. The van der Waals surface area contributed by atoms with E-state index < -0.39 is 0 Å². The molecule has 0 aliphatic heterocycles. The van der Waals surface area contributed by atoms with Crippen LogP contribution in [-0.4, -0.2) is 18.0 Å². The van der Waals surface area contributed by atoms with E-state index in [1.165, 1.54) is 5.56 Å². The second-order valence-corrected chi connectivity index (χ2v) is 5.87. The molecule has 0 amide bonds. The molecule has 1 aliphatic rings. The number of non-ortho nitro benzene ring substituents is 1. The highest BCUT2D eigenvalue weighted by molar-refractivity contribution is 5.43. The number of hydrogen-bond donors (Lipinski definition) is 1. The molecule has 4 nitrogen and oxygen atoms in total. The van der Waals surface area contributed by atoms with E-state index in [9.17, 15) is 10.1 Å². The molecule has 1 fully saturated rings. The molecule has 2 unspecified atom stereocenters. The lowest BCUT2D eigenvalue weighted by molar-refractivity contribution is -0.385. The van der Waals surface area contributed by atoms with Gasteiger partial charge in [-0.15, -0.1) is 0 Å². The molecule has 0 aromatic heterocycles. The molecule has 2 atom stereocenters. The summed E-state index contributed by atoms with van der Waals surface area (Å²) in [6.07, 6.45) is 3.27. The highest BCUT2D eigenvalue weighted by atomic mass is 16.6. The van der Waals surface area contributed by atoms with Gasteiger partial charge in [-0.2, -0.15) is 0 Å². The minimum Gasteiger partial charge on any atom is -0.316 e. The van der Waals surface area contributed by atoms with Gasteiger partial charge in [0.15, 0.2) is 0 Å². The fraction of sp³-hybridized carbons (Fsp3) is 0.625. The summed E-state index contributed by atoms with van der Waals surface area (Å²) < 4.78 is 0. The maximum absolute atomic E-state index is 11.0. The van der Waals surface area contributed by atoms with Gasteiger partial charge in [-0.05, 0) is 55.7 Å². The minimum atomic E-state index is -0.295. The molecule has 2 rings (SSSR count). The van der Waals surface area contributed by atoms with E-state index in [-0.39, 0.29) is 16.0 Å². The standard InChI is InChI=1S/C16H24N2O2/c1-5-16(6-2)14(10-15(16)17-4)13-9-12(18(19)20)8-7-11(13)3/h7-9,14-15,17H,5-6,10H2,1-4H3. The Balaban J connectivity index is 2.41. The Kier molecular flexibility index (Phi) is 4.14. The Hall–Kier alpha value is -1.42. The number of rotatable bonds is 5. The average Bonchev–Trinajstić information content (AvgIpc) is 2.41. The van der Waals surface area contributed by atoms with Gasteiger partial charge in [0.2, 0.25) is 0 Å². The number of nitrogens with one attached hydrogen (secondary N) is 1. The largest absolute Gasteiger partial charge is 0.316 e. The fourth-order valence-electron chi connectivity index (χ4n) is 3.98. The predicted molar refractivity (Wildman–Crippen MR) is 81.1 cm³/mol. The first-order valence-corrected chi connectivity index (χ1v) is 7.42. The molecule has 0 spiro atoms. The highest BCUT2D eigenvalue weighted by Gasteiger charge is 2.52. The molecule has 20 heavy (non-hydrogen) atoms. The van der Waals surface area contributed by atoms with Crippen LogP contribution in [-0.2, 0) is 0 Å². The van der Waals surface area contributed by atoms with E-state index in [2.05, 4.69) is 26.1 Å². The normalized spacial score (nSPS) is 24.2. The minimum absolute atomic E-state index is 0.208. The first-order chi connectivity index (χ1) is 9.50. The molecule has 0 radical (unpaired) electrons. The summed E-state index contributed by atoms with van der Waals surface area (Å²) in [7, 11) is 2.02. The van der Waals surface area contributed by atoms with Crippen molar-refractivity contribution in [3.8, 4) is 0 Å². The number of nitrogens with zero attached hydrogens (tertiary/aromatic N) is 1. The van der Waals surface area contributed by atoms with Crippen molar-refractivity contribution in [2.45, 2.75) is 52.0 Å². The average molecular weight is 276 g/mol. The second kappa shape index (κ2) is 5.52. The van der Waals surface area contributed by atoms with Crippen LogP contribution < -0.4 is 5.32 Å². The van der Waals surface area contributed by atoms with Crippen LogP contribution >= 0.6 is 0 Å². The molecule has 0 heterocycles.